The van der Waals surface area contributed by atoms with Crippen LogP contribution in [0, 0.1) is 12.3 Å². The topological polar surface area (TPSA) is 62.7 Å². The van der Waals surface area contributed by atoms with E-state index in [4.69, 9.17) is 4.74 Å². The van der Waals surface area contributed by atoms with Gasteiger partial charge < -0.3 is 14.5 Å². The summed E-state index contributed by atoms with van der Waals surface area (Å²) in [4.78, 5) is 33.6. The number of nitrogens with zero attached hydrogens (tertiary/aromatic N) is 3. The Hall–Kier alpha value is -2.11. The van der Waals surface area contributed by atoms with Crippen molar-refractivity contribution in [1.82, 2.24) is 14.8 Å². The Bertz CT molecular complexity index is 691. The van der Waals surface area contributed by atoms with Gasteiger partial charge in [-0.1, -0.05) is 6.92 Å². The molecular formula is C20H29N3O3. The molecule has 2 saturated heterocycles. The number of pyridine rings is 1. The quantitative estimate of drug-likeness (QED) is 0.808. The van der Waals surface area contributed by atoms with Gasteiger partial charge in [0.1, 0.15) is 5.75 Å². The highest BCUT2D eigenvalue weighted by molar-refractivity contribution is 5.86. The summed E-state index contributed by atoms with van der Waals surface area (Å²) in [6, 6.07) is 3.77. The molecule has 2 fully saturated rings. The molecule has 142 valence electrons. The monoisotopic (exact) mass is 359 g/mol. The molecule has 1 aromatic rings. The number of ether oxygens (including phenoxy) is 1. The van der Waals surface area contributed by atoms with Crippen molar-refractivity contribution in [3.63, 3.8) is 0 Å². The predicted molar refractivity (Wildman–Crippen MR) is 99.0 cm³/mol. The molecule has 2 aliphatic heterocycles. The number of aromatic nitrogens is 1. The zero-order valence-corrected chi connectivity index (χ0v) is 16.1. The maximum Gasteiger partial charge on any atom is 0.260 e. The maximum atomic E-state index is 12.8. The van der Waals surface area contributed by atoms with E-state index in [2.05, 4.69) is 4.98 Å². The summed E-state index contributed by atoms with van der Waals surface area (Å²) in [5.74, 6) is 0.843. The largest absolute Gasteiger partial charge is 0.482 e. The molecule has 0 aromatic carbocycles. The molecule has 1 atom stereocenters. The van der Waals surface area contributed by atoms with Crippen molar-refractivity contribution in [3.8, 4) is 5.75 Å². The SMILES string of the molecule is CCc1nc(C)ccc1OCC(=O)N1CC[C@]2(CCCN(CC)C2=O)C1. The number of hydrogen-bond donors (Lipinski definition) is 0. The number of amides is 2. The van der Waals surface area contributed by atoms with Gasteiger partial charge in [-0.3, -0.25) is 14.6 Å². The van der Waals surface area contributed by atoms with Crippen LogP contribution in [0.2, 0.25) is 0 Å². The van der Waals surface area contributed by atoms with Crippen LogP contribution in [0.5, 0.6) is 5.75 Å². The van der Waals surface area contributed by atoms with E-state index >= 15 is 0 Å². The fraction of sp³-hybridized carbons (Fsp3) is 0.650. The van der Waals surface area contributed by atoms with Crippen molar-refractivity contribution < 1.29 is 14.3 Å². The van der Waals surface area contributed by atoms with E-state index in [0.717, 1.165) is 50.2 Å². The zero-order valence-electron chi connectivity index (χ0n) is 16.1. The number of likely N-dealkylation sites (tertiary alicyclic amines) is 2. The molecule has 0 saturated carbocycles. The number of aryl methyl sites for hydroxylation is 2. The Labute approximate surface area is 155 Å². The van der Waals surface area contributed by atoms with Gasteiger partial charge in [-0.15, -0.1) is 0 Å². The van der Waals surface area contributed by atoms with E-state index in [9.17, 15) is 9.59 Å². The summed E-state index contributed by atoms with van der Waals surface area (Å²) in [5, 5.41) is 0. The molecule has 0 aliphatic carbocycles. The molecule has 3 heterocycles. The Kier molecular flexibility index (Phi) is 5.49. The molecule has 26 heavy (non-hydrogen) atoms. The van der Waals surface area contributed by atoms with Gasteiger partial charge in [0.25, 0.3) is 5.91 Å². The molecule has 2 amide bonds. The number of carbonyl (C=O) groups is 2. The first-order valence-corrected chi connectivity index (χ1v) is 9.65. The van der Waals surface area contributed by atoms with Crippen LogP contribution in [-0.4, -0.2) is 59.4 Å². The summed E-state index contributed by atoms with van der Waals surface area (Å²) < 4.78 is 5.75. The normalized spacial score (nSPS) is 23.0. The molecule has 0 unspecified atom stereocenters. The highest BCUT2D eigenvalue weighted by Crippen LogP contribution is 2.40. The fourth-order valence-corrected chi connectivity index (χ4v) is 4.13. The van der Waals surface area contributed by atoms with Gasteiger partial charge in [0, 0.05) is 31.9 Å². The first-order chi connectivity index (χ1) is 12.5. The second kappa shape index (κ2) is 7.64. The van der Waals surface area contributed by atoms with Crippen LogP contribution in [0.3, 0.4) is 0 Å². The maximum absolute atomic E-state index is 12.8. The van der Waals surface area contributed by atoms with Gasteiger partial charge in [0.2, 0.25) is 5.91 Å². The standard InChI is InChI=1S/C20H29N3O3/c1-4-16-17(8-7-15(3)21-16)26-13-18(24)23-12-10-20(14-23)9-6-11-22(5-2)19(20)25/h7-8H,4-6,9-14H2,1-3H3/t20-/m1/s1. The second-order valence-electron chi connectivity index (χ2n) is 7.37. The van der Waals surface area contributed by atoms with E-state index in [1.165, 1.54) is 0 Å². The van der Waals surface area contributed by atoms with Crippen molar-refractivity contribution in [2.75, 3.05) is 32.8 Å². The van der Waals surface area contributed by atoms with Gasteiger partial charge >= 0.3 is 0 Å². The van der Waals surface area contributed by atoms with Gasteiger partial charge in [-0.05, 0) is 51.7 Å². The van der Waals surface area contributed by atoms with Crippen LogP contribution in [-0.2, 0) is 16.0 Å². The van der Waals surface area contributed by atoms with Crippen LogP contribution in [0.15, 0.2) is 12.1 Å². The van der Waals surface area contributed by atoms with E-state index in [-0.39, 0.29) is 23.8 Å². The van der Waals surface area contributed by atoms with Crippen molar-refractivity contribution >= 4 is 11.8 Å². The highest BCUT2D eigenvalue weighted by atomic mass is 16.5. The summed E-state index contributed by atoms with van der Waals surface area (Å²) in [7, 11) is 0. The second-order valence-corrected chi connectivity index (χ2v) is 7.37. The fourth-order valence-electron chi connectivity index (χ4n) is 4.13. The molecular weight excluding hydrogens is 330 g/mol. The summed E-state index contributed by atoms with van der Waals surface area (Å²) in [5.41, 5.74) is 1.44. The van der Waals surface area contributed by atoms with Crippen molar-refractivity contribution in [2.45, 2.75) is 46.5 Å². The third kappa shape index (κ3) is 3.55. The third-order valence-electron chi connectivity index (χ3n) is 5.67. The minimum atomic E-state index is -0.371. The van der Waals surface area contributed by atoms with E-state index in [1.54, 1.807) is 4.90 Å². The molecule has 2 aliphatic rings. The number of carbonyl (C=O) groups excluding carboxylic acids is 2. The molecule has 6 heteroatoms. The average molecular weight is 359 g/mol. The molecule has 0 N–H and O–H groups in total. The average Bonchev–Trinajstić information content (AvgIpc) is 3.08. The van der Waals surface area contributed by atoms with Crippen LogP contribution < -0.4 is 4.74 Å². The van der Waals surface area contributed by atoms with Gasteiger partial charge in [0.15, 0.2) is 6.61 Å². The van der Waals surface area contributed by atoms with Crippen molar-refractivity contribution in [1.29, 1.82) is 0 Å². The van der Waals surface area contributed by atoms with Crippen LogP contribution in [0.25, 0.3) is 0 Å². The minimum absolute atomic E-state index is 0.000493. The number of piperidine rings is 1. The van der Waals surface area contributed by atoms with Crippen molar-refractivity contribution in [3.05, 3.63) is 23.5 Å². The van der Waals surface area contributed by atoms with Gasteiger partial charge in [-0.2, -0.15) is 0 Å². The van der Waals surface area contributed by atoms with E-state index in [0.29, 0.717) is 18.8 Å². The molecule has 1 spiro atoms. The predicted octanol–water partition coefficient (Wildman–Crippen LogP) is 2.19. The Morgan fingerprint density at radius 2 is 2.08 bits per heavy atom. The number of hydrogen-bond acceptors (Lipinski definition) is 4. The Morgan fingerprint density at radius 1 is 1.27 bits per heavy atom. The lowest BCUT2D eigenvalue weighted by Gasteiger charge is -2.38. The zero-order chi connectivity index (χ0) is 18.7. The molecule has 3 rings (SSSR count). The molecule has 1 aromatic heterocycles. The lowest BCUT2D eigenvalue weighted by Crippen LogP contribution is -2.50. The molecule has 0 radical (unpaired) electrons. The Balaban J connectivity index is 1.61. The van der Waals surface area contributed by atoms with E-state index in [1.807, 2.05) is 37.8 Å². The lowest BCUT2D eigenvalue weighted by molar-refractivity contribution is -0.146. The molecule has 6 nitrogen and oxygen atoms in total. The third-order valence-corrected chi connectivity index (χ3v) is 5.67. The highest BCUT2D eigenvalue weighted by Gasteiger charge is 2.49. The van der Waals surface area contributed by atoms with Crippen LogP contribution in [0.4, 0.5) is 0 Å². The first kappa shape index (κ1) is 18.7. The van der Waals surface area contributed by atoms with Crippen LogP contribution >= 0.6 is 0 Å². The van der Waals surface area contributed by atoms with Crippen LogP contribution in [0.1, 0.15) is 44.5 Å². The Morgan fingerprint density at radius 3 is 2.81 bits per heavy atom. The van der Waals surface area contributed by atoms with Crippen molar-refractivity contribution in [2.24, 2.45) is 5.41 Å². The lowest BCUT2D eigenvalue weighted by atomic mass is 9.78. The van der Waals surface area contributed by atoms with Gasteiger partial charge in [-0.25, -0.2) is 0 Å². The van der Waals surface area contributed by atoms with E-state index < -0.39 is 0 Å². The van der Waals surface area contributed by atoms with Gasteiger partial charge in [0.05, 0.1) is 11.1 Å². The first-order valence-electron chi connectivity index (χ1n) is 9.65. The summed E-state index contributed by atoms with van der Waals surface area (Å²) in [6.07, 6.45) is 3.43. The molecule has 0 bridgehead atoms. The summed E-state index contributed by atoms with van der Waals surface area (Å²) >= 11 is 0. The smallest absolute Gasteiger partial charge is 0.260 e. The number of rotatable bonds is 5. The minimum Gasteiger partial charge on any atom is -0.482 e. The summed E-state index contributed by atoms with van der Waals surface area (Å²) in [6.45, 7) is 8.73.